The van der Waals surface area contributed by atoms with Gasteiger partial charge in [-0.05, 0) is 36.6 Å². The van der Waals surface area contributed by atoms with Crippen molar-refractivity contribution in [2.45, 2.75) is 19.8 Å². The molecule has 0 radical (unpaired) electrons. The van der Waals surface area contributed by atoms with Crippen molar-refractivity contribution in [3.05, 3.63) is 53.6 Å². The summed E-state index contributed by atoms with van der Waals surface area (Å²) in [5.74, 6) is 3.71. The molecule has 1 nitrogen and oxygen atoms in total. The minimum Gasteiger partial charge on any atom is -0.496 e. The van der Waals surface area contributed by atoms with E-state index in [0.717, 1.165) is 16.9 Å². The van der Waals surface area contributed by atoms with E-state index in [1.165, 1.54) is 11.1 Å². The molecule has 0 spiro atoms. The molecule has 0 aromatic heterocycles. The van der Waals surface area contributed by atoms with E-state index in [-0.39, 0.29) is 5.92 Å². The predicted molar refractivity (Wildman–Crippen MR) is 80.4 cm³/mol. The molecule has 2 aromatic carbocycles. The third-order valence-electron chi connectivity index (χ3n) is 3.41. The van der Waals surface area contributed by atoms with E-state index in [0.29, 0.717) is 0 Å². The Kier molecular flexibility index (Phi) is 3.92. The number of ether oxygens (including phenoxy) is 1. The van der Waals surface area contributed by atoms with Crippen LogP contribution < -0.4 is 4.74 Å². The van der Waals surface area contributed by atoms with E-state index in [1.807, 2.05) is 25.1 Å². The molecule has 2 aromatic rings. The first kappa shape index (κ1) is 13.2. The molecule has 0 fully saturated rings. The van der Waals surface area contributed by atoms with Crippen LogP contribution in [-0.2, 0) is 0 Å². The Balaban J connectivity index is 2.54. The van der Waals surface area contributed by atoms with Crippen molar-refractivity contribution in [2.75, 3.05) is 7.11 Å². The number of terminal acetylenes is 1. The van der Waals surface area contributed by atoms with Gasteiger partial charge in [-0.1, -0.05) is 42.3 Å². The third-order valence-corrected chi connectivity index (χ3v) is 3.41. The van der Waals surface area contributed by atoms with E-state index < -0.39 is 0 Å². The monoisotopic (exact) mass is 250 g/mol. The summed E-state index contributed by atoms with van der Waals surface area (Å²) in [6, 6.07) is 14.5. The van der Waals surface area contributed by atoms with Crippen molar-refractivity contribution in [3.63, 3.8) is 0 Å². The lowest BCUT2D eigenvalue weighted by Crippen LogP contribution is -1.94. The zero-order valence-corrected chi connectivity index (χ0v) is 11.6. The normalized spacial score (nSPS) is 11.7. The van der Waals surface area contributed by atoms with E-state index in [2.05, 4.69) is 37.1 Å². The maximum Gasteiger partial charge on any atom is 0.127 e. The molecule has 1 atom stereocenters. The van der Waals surface area contributed by atoms with Crippen LogP contribution in [-0.4, -0.2) is 7.11 Å². The van der Waals surface area contributed by atoms with Crippen molar-refractivity contribution >= 4 is 0 Å². The van der Waals surface area contributed by atoms with Gasteiger partial charge in [0.1, 0.15) is 5.75 Å². The highest BCUT2D eigenvalue weighted by Crippen LogP contribution is 2.34. The van der Waals surface area contributed by atoms with Crippen molar-refractivity contribution in [2.24, 2.45) is 0 Å². The fourth-order valence-corrected chi connectivity index (χ4v) is 2.17. The molecule has 0 unspecified atom stereocenters. The molecular formula is C18H18O. The van der Waals surface area contributed by atoms with E-state index in [1.54, 1.807) is 7.11 Å². The first-order valence-electron chi connectivity index (χ1n) is 6.37. The molecule has 19 heavy (non-hydrogen) atoms. The lowest BCUT2D eigenvalue weighted by molar-refractivity contribution is 0.416. The molecule has 0 N–H and O–H groups in total. The second-order valence-corrected chi connectivity index (χ2v) is 4.66. The fourth-order valence-electron chi connectivity index (χ4n) is 2.17. The summed E-state index contributed by atoms with van der Waals surface area (Å²) < 4.78 is 5.52. The van der Waals surface area contributed by atoms with Crippen LogP contribution in [0.25, 0.3) is 11.1 Å². The van der Waals surface area contributed by atoms with Gasteiger partial charge in [-0.2, -0.15) is 0 Å². The maximum atomic E-state index is 5.52. The van der Waals surface area contributed by atoms with Gasteiger partial charge >= 0.3 is 0 Å². The van der Waals surface area contributed by atoms with Crippen LogP contribution in [0.3, 0.4) is 0 Å². The molecule has 0 heterocycles. The van der Waals surface area contributed by atoms with Gasteiger partial charge in [0, 0.05) is 11.5 Å². The Labute approximate surface area is 115 Å². The Morgan fingerprint density at radius 1 is 1.11 bits per heavy atom. The number of rotatable bonds is 3. The zero-order valence-electron chi connectivity index (χ0n) is 11.6. The van der Waals surface area contributed by atoms with Crippen molar-refractivity contribution < 1.29 is 4.74 Å². The Hall–Kier alpha value is -2.20. The van der Waals surface area contributed by atoms with Crippen LogP contribution >= 0.6 is 0 Å². The average molecular weight is 250 g/mol. The lowest BCUT2D eigenvalue weighted by Gasteiger charge is -2.14. The molecule has 0 aliphatic heterocycles. The molecular weight excluding hydrogens is 232 g/mol. The predicted octanol–water partition coefficient (Wildman–Crippen LogP) is 4.41. The largest absolute Gasteiger partial charge is 0.496 e. The molecule has 2 rings (SSSR count). The van der Waals surface area contributed by atoms with Crippen molar-refractivity contribution in [1.82, 2.24) is 0 Å². The summed E-state index contributed by atoms with van der Waals surface area (Å²) in [6.07, 6.45) is 5.48. The SMILES string of the molecule is C#C[C@H](C)c1ccc(-c2ccccc2C)c(OC)c1. The van der Waals surface area contributed by atoms with Crippen molar-refractivity contribution in [3.8, 4) is 29.2 Å². The summed E-state index contributed by atoms with van der Waals surface area (Å²) in [5.41, 5.74) is 4.64. The number of hydrogen-bond acceptors (Lipinski definition) is 1. The smallest absolute Gasteiger partial charge is 0.127 e. The Bertz CT molecular complexity index is 620. The van der Waals surface area contributed by atoms with Gasteiger partial charge in [0.15, 0.2) is 0 Å². The van der Waals surface area contributed by atoms with Crippen LogP contribution in [0, 0.1) is 19.3 Å². The summed E-state index contributed by atoms with van der Waals surface area (Å²) in [4.78, 5) is 0. The topological polar surface area (TPSA) is 9.23 Å². The highest BCUT2D eigenvalue weighted by molar-refractivity contribution is 5.73. The summed E-state index contributed by atoms with van der Waals surface area (Å²) >= 11 is 0. The van der Waals surface area contributed by atoms with E-state index >= 15 is 0 Å². The van der Waals surface area contributed by atoms with Crippen LogP contribution in [0.4, 0.5) is 0 Å². The van der Waals surface area contributed by atoms with Gasteiger partial charge in [0.05, 0.1) is 7.11 Å². The quantitative estimate of drug-likeness (QED) is 0.733. The van der Waals surface area contributed by atoms with Gasteiger partial charge < -0.3 is 4.74 Å². The standard InChI is InChI=1S/C18H18O/c1-5-13(2)15-10-11-17(18(12-15)19-4)16-9-7-6-8-14(16)3/h1,6-13H,2-4H3/t13-/m0/s1. The summed E-state index contributed by atoms with van der Waals surface area (Å²) in [7, 11) is 1.70. The molecule has 96 valence electrons. The lowest BCUT2D eigenvalue weighted by atomic mass is 9.95. The Morgan fingerprint density at radius 3 is 2.47 bits per heavy atom. The maximum absolute atomic E-state index is 5.52. The van der Waals surface area contributed by atoms with Gasteiger partial charge in [-0.3, -0.25) is 0 Å². The first-order chi connectivity index (χ1) is 9.17. The van der Waals surface area contributed by atoms with Crippen LogP contribution in [0.5, 0.6) is 5.75 Å². The minimum absolute atomic E-state index is 0.0971. The van der Waals surface area contributed by atoms with Crippen LogP contribution in [0.15, 0.2) is 42.5 Å². The van der Waals surface area contributed by atoms with Gasteiger partial charge in [-0.15, -0.1) is 6.42 Å². The molecule has 0 aliphatic carbocycles. The third kappa shape index (κ3) is 2.63. The van der Waals surface area contributed by atoms with E-state index in [4.69, 9.17) is 11.2 Å². The first-order valence-corrected chi connectivity index (χ1v) is 6.37. The highest BCUT2D eigenvalue weighted by atomic mass is 16.5. The zero-order chi connectivity index (χ0) is 13.8. The van der Waals surface area contributed by atoms with E-state index in [9.17, 15) is 0 Å². The molecule has 0 bridgehead atoms. The molecule has 0 aliphatic rings. The minimum atomic E-state index is 0.0971. The Morgan fingerprint density at radius 2 is 1.84 bits per heavy atom. The average Bonchev–Trinajstić information content (AvgIpc) is 2.46. The summed E-state index contributed by atoms with van der Waals surface area (Å²) in [5, 5.41) is 0. The second-order valence-electron chi connectivity index (χ2n) is 4.66. The molecule has 0 amide bonds. The van der Waals surface area contributed by atoms with Crippen LogP contribution in [0.2, 0.25) is 0 Å². The second kappa shape index (κ2) is 5.63. The van der Waals surface area contributed by atoms with Crippen molar-refractivity contribution in [1.29, 1.82) is 0 Å². The number of aryl methyl sites for hydroxylation is 1. The highest BCUT2D eigenvalue weighted by Gasteiger charge is 2.10. The van der Waals surface area contributed by atoms with Gasteiger partial charge in [-0.25, -0.2) is 0 Å². The summed E-state index contributed by atoms with van der Waals surface area (Å²) in [6.45, 7) is 4.12. The number of hydrogen-bond donors (Lipinski definition) is 0. The fraction of sp³-hybridized carbons (Fsp3) is 0.222. The molecule has 0 saturated heterocycles. The molecule has 1 heteroatoms. The number of methoxy groups -OCH3 is 1. The van der Waals surface area contributed by atoms with Crippen LogP contribution in [0.1, 0.15) is 24.0 Å². The van der Waals surface area contributed by atoms with Gasteiger partial charge in [0.25, 0.3) is 0 Å². The van der Waals surface area contributed by atoms with Gasteiger partial charge in [0.2, 0.25) is 0 Å². The molecule has 0 saturated carbocycles. The number of benzene rings is 2.